The van der Waals surface area contributed by atoms with Gasteiger partial charge >= 0.3 is 0 Å². The third-order valence-electron chi connectivity index (χ3n) is 3.64. The molecule has 0 aliphatic rings. The van der Waals surface area contributed by atoms with Crippen LogP contribution in [0.2, 0.25) is 15.9 Å². The Morgan fingerprint density at radius 3 is 1.13 bits per heavy atom. The molecule has 14 nitrogen and oxygen atoms in total. The summed E-state index contributed by atoms with van der Waals surface area (Å²) in [5, 5.41) is 15.2. The molecule has 3 aromatic heterocycles. The molecule has 0 atom stereocenters. The number of aromatic nitrogens is 9. The van der Waals surface area contributed by atoms with Crippen molar-refractivity contribution in [2.75, 3.05) is 40.7 Å². The van der Waals surface area contributed by atoms with Crippen molar-refractivity contribution in [2.45, 2.75) is 66.6 Å². The Kier molecular flexibility index (Phi) is 14.5. The van der Waals surface area contributed by atoms with E-state index in [4.69, 9.17) is 34.8 Å². The molecule has 210 valence electrons. The summed E-state index contributed by atoms with van der Waals surface area (Å²) in [7, 11) is 3.51. The molecule has 0 saturated heterocycles. The maximum Gasteiger partial charge on any atom is 0.228 e. The van der Waals surface area contributed by atoms with E-state index >= 15 is 0 Å². The summed E-state index contributed by atoms with van der Waals surface area (Å²) in [4.78, 5) is 35.5. The van der Waals surface area contributed by atoms with Gasteiger partial charge in [0.25, 0.3) is 0 Å². The Morgan fingerprint density at radius 2 is 0.737 bits per heavy atom. The fourth-order valence-corrected chi connectivity index (χ4v) is 2.87. The molecule has 0 aliphatic carbocycles. The lowest BCUT2D eigenvalue weighted by molar-refractivity contribution is 0.858. The van der Waals surface area contributed by atoms with Gasteiger partial charge in [-0.2, -0.15) is 44.9 Å². The summed E-state index contributed by atoms with van der Waals surface area (Å²) in [5.41, 5.74) is 0. The third kappa shape index (κ3) is 14.0. The molecule has 0 fully saturated rings. The van der Waals surface area contributed by atoms with Crippen molar-refractivity contribution in [3.05, 3.63) is 21.7 Å². The van der Waals surface area contributed by atoms with Crippen molar-refractivity contribution in [1.82, 2.24) is 44.9 Å². The Balaban J connectivity index is 0.000000285. The van der Waals surface area contributed by atoms with Crippen LogP contribution in [0.3, 0.4) is 0 Å². The molecule has 17 heteroatoms. The van der Waals surface area contributed by atoms with Crippen molar-refractivity contribution in [3.8, 4) is 0 Å². The second kappa shape index (κ2) is 16.7. The number of hydrogen-bond donors (Lipinski definition) is 5. The first-order chi connectivity index (χ1) is 17.8. The fourth-order valence-electron chi connectivity index (χ4n) is 2.35. The number of halogens is 3. The number of aryl methyl sites for hydroxylation is 1. The average Bonchev–Trinajstić information content (AvgIpc) is 2.77. The van der Waals surface area contributed by atoms with E-state index in [0.717, 1.165) is 0 Å². The number of nitrogens with one attached hydrogen (secondary N) is 5. The topological polar surface area (TPSA) is 176 Å². The Labute approximate surface area is 238 Å². The summed E-state index contributed by atoms with van der Waals surface area (Å²) >= 11 is 16.8. The Bertz CT molecular complexity index is 1050. The Morgan fingerprint density at radius 1 is 0.447 bits per heavy atom. The van der Waals surface area contributed by atoms with Gasteiger partial charge in [0.15, 0.2) is 0 Å². The molecule has 3 rings (SSSR count). The maximum absolute atomic E-state index is 5.67. The van der Waals surface area contributed by atoms with Crippen LogP contribution in [-0.2, 0) is 0 Å². The van der Waals surface area contributed by atoms with E-state index in [1.54, 1.807) is 14.1 Å². The van der Waals surface area contributed by atoms with Crippen LogP contribution in [0, 0.1) is 6.92 Å². The molecule has 3 aromatic rings. The second-order valence-corrected chi connectivity index (χ2v) is 9.39. The highest BCUT2D eigenvalue weighted by atomic mass is 35.5. The van der Waals surface area contributed by atoms with Crippen LogP contribution in [0.5, 0.6) is 0 Å². The minimum atomic E-state index is 0.0955. The summed E-state index contributed by atoms with van der Waals surface area (Å²) in [5.74, 6) is 3.27. The van der Waals surface area contributed by atoms with Gasteiger partial charge in [-0.25, -0.2) is 0 Å². The van der Waals surface area contributed by atoms with E-state index in [-0.39, 0.29) is 27.9 Å². The molecule has 0 aliphatic heterocycles. The van der Waals surface area contributed by atoms with Crippen LogP contribution in [0.4, 0.5) is 29.7 Å². The second-order valence-electron chi connectivity index (χ2n) is 8.38. The van der Waals surface area contributed by atoms with Gasteiger partial charge in [0.1, 0.15) is 5.82 Å². The first-order valence-corrected chi connectivity index (χ1v) is 12.8. The normalized spacial score (nSPS) is 10.3. The van der Waals surface area contributed by atoms with Gasteiger partial charge in [0.2, 0.25) is 45.6 Å². The van der Waals surface area contributed by atoms with Gasteiger partial charge < -0.3 is 26.6 Å². The zero-order chi connectivity index (χ0) is 28.8. The maximum atomic E-state index is 5.67. The fraction of sp³-hybridized carbons (Fsp3) is 0.571. The van der Waals surface area contributed by atoms with Gasteiger partial charge in [0.05, 0.1) is 0 Å². The van der Waals surface area contributed by atoms with Crippen LogP contribution < -0.4 is 26.6 Å². The van der Waals surface area contributed by atoms with E-state index in [2.05, 4.69) is 71.4 Å². The first kappa shape index (κ1) is 32.9. The predicted molar refractivity (Wildman–Crippen MR) is 155 cm³/mol. The number of anilines is 5. The summed E-state index contributed by atoms with van der Waals surface area (Å²) in [6.07, 6.45) is 0. The van der Waals surface area contributed by atoms with Crippen molar-refractivity contribution < 1.29 is 0 Å². The molecule has 5 N–H and O–H groups in total. The highest BCUT2D eigenvalue weighted by Gasteiger charge is 2.05. The van der Waals surface area contributed by atoms with Gasteiger partial charge in [-0.05, 0) is 83.3 Å². The van der Waals surface area contributed by atoms with Gasteiger partial charge in [-0.15, -0.1) is 0 Å². The molecule has 0 spiro atoms. The van der Waals surface area contributed by atoms with Gasteiger partial charge in [-0.3, -0.25) is 0 Å². The minimum Gasteiger partial charge on any atom is -0.357 e. The molecule has 0 saturated carbocycles. The number of nitrogens with zero attached hydrogens (tertiary/aromatic N) is 9. The van der Waals surface area contributed by atoms with E-state index < -0.39 is 0 Å². The highest BCUT2D eigenvalue weighted by Crippen LogP contribution is 2.11. The van der Waals surface area contributed by atoms with Crippen LogP contribution in [-0.4, -0.2) is 77.1 Å². The predicted octanol–water partition coefficient (Wildman–Crippen LogP) is 4.43. The minimum absolute atomic E-state index is 0.0955. The zero-order valence-corrected chi connectivity index (χ0v) is 25.2. The Hall–Kier alpha value is -3.10. The number of hydrogen-bond acceptors (Lipinski definition) is 14. The lowest BCUT2D eigenvalue weighted by Crippen LogP contribution is -2.14. The smallest absolute Gasteiger partial charge is 0.228 e. The van der Waals surface area contributed by atoms with E-state index in [9.17, 15) is 0 Å². The largest absolute Gasteiger partial charge is 0.357 e. The van der Waals surface area contributed by atoms with Gasteiger partial charge in [-0.1, -0.05) is 0 Å². The molecule has 0 aromatic carbocycles. The standard InChI is InChI=1S/C8H15N5.C7H12ClN5.C6H8Cl2N4/c1-5(2)10-8-12-6(3)11-7(9-4)13-8;1-4(2)10-7-12-5(8)11-6(9-3)13-7;1-3(2)9-6-11-4(7)10-5(8)12-6/h5H,1-4H3,(H2,9,10,11,12,13);4H,1-3H3,(H2,9,10,11,12,13);3H,1-2H3,(H,9,10,11,12). The lowest BCUT2D eigenvalue weighted by atomic mass is 10.4. The molecule has 0 unspecified atom stereocenters. The zero-order valence-electron chi connectivity index (χ0n) is 22.9. The van der Waals surface area contributed by atoms with Crippen molar-refractivity contribution in [2.24, 2.45) is 0 Å². The van der Waals surface area contributed by atoms with Crippen LogP contribution in [0.15, 0.2) is 0 Å². The van der Waals surface area contributed by atoms with Crippen molar-refractivity contribution >= 4 is 64.5 Å². The van der Waals surface area contributed by atoms with Gasteiger partial charge in [0, 0.05) is 32.2 Å². The average molecular weight is 590 g/mol. The van der Waals surface area contributed by atoms with Crippen LogP contribution in [0.25, 0.3) is 0 Å². The van der Waals surface area contributed by atoms with Crippen molar-refractivity contribution in [1.29, 1.82) is 0 Å². The third-order valence-corrected chi connectivity index (χ3v) is 4.14. The molecule has 0 radical (unpaired) electrons. The monoisotopic (exact) mass is 588 g/mol. The highest BCUT2D eigenvalue weighted by molar-refractivity contribution is 6.31. The SMILES string of the molecule is CC(C)Nc1nc(Cl)nc(Cl)n1.CNc1nc(C)nc(NC(C)C)n1.CNc1nc(Cl)nc(NC(C)C)n1. The number of rotatable bonds is 8. The molecular formula is C21H35Cl3N14. The first-order valence-electron chi connectivity index (χ1n) is 11.7. The molecule has 0 bridgehead atoms. The molecule has 3 heterocycles. The van der Waals surface area contributed by atoms with Crippen LogP contribution in [0.1, 0.15) is 47.4 Å². The molecular weight excluding hydrogens is 555 g/mol. The van der Waals surface area contributed by atoms with E-state index in [1.807, 2.05) is 48.5 Å². The lowest BCUT2D eigenvalue weighted by Gasteiger charge is -2.09. The summed E-state index contributed by atoms with van der Waals surface area (Å²) in [6.45, 7) is 13.8. The summed E-state index contributed by atoms with van der Waals surface area (Å²) in [6, 6.07) is 0.828. The molecule has 0 amide bonds. The van der Waals surface area contributed by atoms with E-state index in [1.165, 1.54) is 0 Å². The van der Waals surface area contributed by atoms with E-state index in [0.29, 0.717) is 41.6 Å². The summed E-state index contributed by atoms with van der Waals surface area (Å²) < 4.78 is 0. The molecule has 38 heavy (non-hydrogen) atoms. The quantitative estimate of drug-likeness (QED) is 0.249. The van der Waals surface area contributed by atoms with Crippen molar-refractivity contribution in [3.63, 3.8) is 0 Å². The van der Waals surface area contributed by atoms with Crippen LogP contribution >= 0.6 is 34.8 Å².